The molecule has 4 rings (SSSR count). The number of carbonyl (C=O) groups is 2. The van der Waals surface area contributed by atoms with E-state index in [9.17, 15) is 9.59 Å². The minimum atomic E-state index is -0.470. The van der Waals surface area contributed by atoms with Gasteiger partial charge in [-0.3, -0.25) is 15.0 Å². The van der Waals surface area contributed by atoms with Gasteiger partial charge in [0.25, 0.3) is 11.8 Å². The van der Waals surface area contributed by atoms with Crippen molar-refractivity contribution in [1.29, 1.82) is 0 Å². The third kappa shape index (κ3) is 6.20. The van der Waals surface area contributed by atoms with Gasteiger partial charge in [-0.05, 0) is 73.2 Å². The van der Waals surface area contributed by atoms with Gasteiger partial charge >= 0.3 is 0 Å². The maximum Gasteiger partial charge on any atom is 0.285 e. The van der Waals surface area contributed by atoms with Crippen LogP contribution in [0.1, 0.15) is 28.4 Å². The van der Waals surface area contributed by atoms with E-state index in [1.165, 1.54) is 0 Å². The molecular formula is C26H20Cl2N2O4S2. The molecule has 1 N–H and O–H groups in total. The third-order valence-electron chi connectivity index (χ3n) is 5.02. The Balaban J connectivity index is 1.49. The maximum atomic E-state index is 13.0. The molecule has 184 valence electrons. The summed E-state index contributed by atoms with van der Waals surface area (Å²) in [4.78, 5) is 25.9. The Morgan fingerprint density at radius 1 is 1.06 bits per heavy atom. The fourth-order valence-electron chi connectivity index (χ4n) is 3.26. The van der Waals surface area contributed by atoms with Crippen LogP contribution in [0.15, 0.2) is 71.6 Å². The summed E-state index contributed by atoms with van der Waals surface area (Å²) >= 11 is 18.5. The molecule has 1 aliphatic rings. The average molecular weight is 559 g/mol. The van der Waals surface area contributed by atoms with Gasteiger partial charge in [0, 0.05) is 21.2 Å². The molecule has 1 saturated heterocycles. The van der Waals surface area contributed by atoms with E-state index in [4.69, 9.17) is 44.9 Å². The second kappa shape index (κ2) is 11.8. The van der Waals surface area contributed by atoms with E-state index in [2.05, 4.69) is 5.43 Å². The van der Waals surface area contributed by atoms with E-state index in [1.54, 1.807) is 48.5 Å². The first kappa shape index (κ1) is 26.0. The Bertz CT molecular complexity index is 1350. The number of thioether (sulfide) groups is 1. The highest BCUT2D eigenvalue weighted by molar-refractivity contribution is 8.26. The summed E-state index contributed by atoms with van der Waals surface area (Å²) in [7, 11) is 0. The van der Waals surface area contributed by atoms with Crippen molar-refractivity contribution < 1.29 is 19.1 Å². The second-order valence-corrected chi connectivity index (χ2v) is 10.0. The number of amides is 2. The van der Waals surface area contributed by atoms with Crippen LogP contribution in [-0.2, 0) is 11.4 Å². The van der Waals surface area contributed by atoms with Gasteiger partial charge in [-0.1, -0.05) is 59.2 Å². The number of nitrogens with one attached hydrogen (secondary N) is 1. The predicted molar refractivity (Wildman–Crippen MR) is 147 cm³/mol. The fourth-order valence-corrected chi connectivity index (χ4v) is 4.75. The lowest BCUT2D eigenvalue weighted by Gasteiger charge is -2.15. The molecule has 10 heteroatoms. The van der Waals surface area contributed by atoms with Crippen molar-refractivity contribution in [2.24, 2.45) is 0 Å². The van der Waals surface area contributed by atoms with Crippen LogP contribution in [0.25, 0.3) is 6.08 Å². The van der Waals surface area contributed by atoms with Gasteiger partial charge < -0.3 is 9.47 Å². The molecule has 0 unspecified atom stereocenters. The van der Waals surface area contributed by atoms with Crippen LogP contribution in [0, 0.1) is 0 Å². The molecule has 0 bridgehead atoms. The van der Waals surface area contributed by atoms with Crippen molar-refractivity contribution in [3.63, 3.8) is 0 Å². The average Bonchev–Trinajstić information content (AvgIpc) is 3.12. The molecular weight excluding hydrogens is 539 g/mol. The molecule has 2 amide bonds. The van der Waals surface area contributed by atoms with Gasteiger partial charge in [0.2, 0.25) is 0 Å². The Hall–Kier alpha value is -3.04. The van der Waals surface area contributed by atoms with Crippen LogP contribution in [0.5, 0.6) is 11.5 Å². The van der Waals surface area contributed by atoms with Crippen molar-refractivity contribution in [1.82, 2.24) is 10.4 Å². The minimum Gasteiger partial charge on any atom is -0.490 e. The van der Waals surface area contributed by atoms with Crippen LogP contribution in [0.2, 0.25) is 10.0 Å². The van der Waals surface area contributed by atoms with Crippen LogP contribution in [0.3, 0.4) is 0 Å². The molecule has 1 aliphatic heterocycles. The minimum absolute atomic E-state index is 0.221. The zero-order valence-electron chi connectivity index (χ0n) is 19.0. The molecule has 3 aromatic carbocycles. The molecule has 36 heavy (non-hydrogen) atoms. The number of rotatable bonds is 8. The molecule has 3 aromatic rings. The van der Waals surface area contributed by atoms with Crippen LogP contribution in [-0.4, -0.2) is 27.8 Å². The number of carbonyl (C=O) groups excluding carboxylic acids is 2. The van der Waals surface area contributed by atoms with E-state index in [0.29, 0.717) is 44.2 Å². The van der Waals surface area contributed by atoms with E-state index in [1.807, 2.05) is 31.2 Å². The predicted octanol–water partition coefficient (Wildman–Crippen LogP) is 6.52. The lowest BCUT2D eigenvalue weighted by Crippen LogP contribution is -2.44. The molecule has 0 aliphatic carbocycles. The molecule has 6 nitrogen and oxygen atoms in total. The third-order valence-corrected chi connectivity index (χ3v) is 6.94. The van der Waals surface area contributed by atoms with Gasteiger partial charge in [-0.25, -0.2) is 0 Å². The first-order valence-corrected chi connectivity index (χ1v) is 12.8. The number of hydrazine groups is 1. The Morgan fingerprint density at radius 2 is 1.81 bits per heavy atom. The zero-order chi connectivity index (χ0) is 25.7. The topological polar surface area (TPSA) is 67.9 Å². The fraction of sp³-hybridized carbons (Fsp3) is 0.115. The summed E-state index contributed by atoms with van der Waals surface area (Å²) in [6.07, 6.45) is 1.69. The van der Waals surface area contributed by atoms with Crippen LogP contribution in [0.4, 0.5) is 0 Å². The van der Waals surface area contributed by atoms with Gasteiger partial charge in [0.1, 0.15) is 6.61 Å². The highest BCUT2D eigenvalue weighted by atomic mass is 35.5. The van der Waals surface area contributed by atoms with E-state index >= 15 is 0 Å². The molecule has 1 heterocycles. The number of hydrogen-bond donors (Lipinski definition) is 1. The van der Waals surface area contributed by atoms with Crippen molar-refractivity contribution in [3.05, 3.63) is 98.4 Å². The van der Waals surface area contributed by atoms with Crippen molar-refractivity contribution in [2.75, 3.05) is 6.61 Å². The summed E-state index contributed by atoms with van der Waals surface area (Å²) in [6.45, 7) is 2.59. The largest absolute Gasteiger partial charge is 0.490 e. The smallest absolute Gasteiger partial charge is 0.285 e. The van der Waals surface area contributed by atoms with Gasteiger partial charge in [-0.2, -0.15) is 5.01 Å². The first-order chi connectivity index (χ1) is 17.4. The second-order valence-electron chi connectivity index (χ2n) is 7.48. The van der Waals surface area contributed by atoms with Crippen molar-refractivity contribution in [3.8, 4) is 11.5 Å². The highest BCUT2D eigenvalue weighted by Gasteiger charge is 2.33. The number of hydrogen-bond acceptors (Lipinski definition) is 6. The monoisotopic (exact) mass is 558 g/mol. The number of ether oxygens (including phenoxy) is 2. The summed E-state index contributed by atoms with van der Waals surface area (Å²) in [5.41, 5.74) is 4.48. The quantitative estimate of drug-likeness (QED) is 0.251. The Kier molecular flexibility index (Phi) is 8.53. The lowest BCUT2D eigenvalue weighted by molar-refractivity contribution is -0.123. The first-order valence-electron chi connectivity index (χ1n) is 10.8. The molecule has 0 radical (unpaired) electrons. The molecule has 0 aromatic heterocycles. The Labute approximate surface area is 228 Å². The number of nitrogens with zero attached hydrogens (tertiary/aromatic N) is 1. The number of halogens is 2. The van der Waals surface area contributed by atoms with Crippen LogP contribution >= 0.6 is 47.2 Å². The normalized spacial score (nSPS) is 14.3. The number of benzene rings is 3. The van der Waals surface area contributed by atoms with Gasteiger partial charge in [0.15, 0.2) is 15.8 Å². The zero-order valence-corrected chi connectivity index (χ0v) is 22.1. The summed E-state index contributed by atoms with van der Waals surface area (Å²) in [5.74, 6) is 0.189. The number of thiocarbonyl (C=S) groups is 1. The van der Waals surface area contributed by atoms with E-state index < -0.39 is 11.8 Å². The summed E-state index contributed by atoms with van der Waals surface area (Å²) in [5, 5.41) is 2.19. The SMILES string of the molecule is CCOc1cc(/C=C2/SC(=S)N(NC(=O)c3ccc(Cl)cc3)C2=O)ccc1OCc1ccccc1Cl. The van der Waals surface area contributed by atoms with E-state index in [0.717, 1.165) is 22.3 Å². The summed E-state index contributed by atoms with van der Waals surface area (Å²) in [6, 6.07) is 19.1. The maximum absolute atomic E-state index is 13.0. The van der Waals surface area contributed by atoms with Crippen LogP contribution < -0.4 is 14.9 Å². The van der Waals surface area contributed by atoms with Crippen molar-refractivity contribution in [2.45, 2.75) is 13.5 Å². The van der Waals surface area contributed by atoms with Crippen molar-refractivity contribution >= 4 is 69.4 Å². The Morgan fingerprint density at radius 3 is 2.53 bits per heavy atom. The van der Waals surface area contributed by atoms with Gasteiger partial charge in [-0.15, -0.1) is 0 Å². The van der Waals surface area contributed by atoms with E-state index in [-0.39, 0.29) is 10.9 Å². The van der Waals surface area contributed by atoms with Gasteiger partial charge in [0.05, 0.1) is 11.5 Å². The molecule has 0 spiro atoms. The summed E-state index contributed by atoms with van der Waals surface area (Å²) < 4.78 is 11.9. The molecule has 1 fully saturated rings. The standard InChI is InChI=1S/C26H20Cl2N2O4S2/c1-2-33-22-13-16(7-12-21(22)34-15-18-5-3-4-6-20(18)28)14-23-25(32)30(26(35)36-23)29-24(31)17-8-10-19(27)11-9-17/h3-14H,2,15H2,1H3,(H,29,31)/b23-14+. The molecule has 0 saturated carbocycles. The molecule has 0 atom stereocenters. The lowest BCUT2D eigenvalue weighted by atomic mass is 10.1. The highest BCUT2D eigenvalue weighted by Crippen LogP contribution is 2.35.